The zero-order valence-electron chi connectivity index (χ0n) is 9.12. The Labute approximate surface area is 88.1 Å². The molecule has 2 nitrogen and oxygen atoms in total. The van der Waals surface area contributed by atoms with Crippen molar-refractivity contribution in [3.63, 3.8) is 0 Å². The first-order chi connectivity index (χ1) is 6.26. The van der Waals surface area contributed by atoms with E-state index in [4.69, 9.17) is 4.74 Å². The smallest absolute Gasteiger partial charge is 0.0615 e. The minimum absolute atomic E-state index is 0.537. The third kappa shape index (κ3) is 6.36. The van der Waals surface area contributed by atoms with Gasteiger partial charge in [-0.25, -0.2) is 0 Å². The molecule has 80 valence electrons. The highest BCUT2D eigenvalue weighted by Gasteiger charge is 2.10. The van der Waals surface area contributed by atoms with Crippen LogP contribution >= 0.6 is 12.6 Å². The standard InChI is InChI=1S/C10H23NOS/c1-4-11(7-5-6-8-13)10(2)9-12-3/h10,13H,4-9H2,1-3H3. The van der Waals surface area contributed by atoms with Gasteiger partial charge in [-0.05, 0) is 38.6 Å². The number of ether oxygens (including phenoxy) is 1. The highest BCUT2D eigenvalue weighted by molar-refractivity contribution is 7.80. The van der Waals surface area contributed by atoms with Crippen LogP contribution in [0.2, 0.25) is 0 Å². The van der Waals surface area contributed by atoms with Crippen molar-refractivity contribution in [2.24, 2.45) is 0 Å². The summed E-state index contributed by atoms with van der Waals surface area (Å²) in [7, 11) is 1.76. The number of hydrogen-bond acceptors (Lipinski definition) is 3. The largest absolute Gasteiger partial charge is 0.383 e. The Morgan fingerprint density at radius 1 is 1.38 bits per heavy atom. The molecule has 0 N–H and O–H groups in total. The van der Waals surface area contributed by atoms with E-state index in [2.05, 4.69) is 31.4 Å². The van der Waals surface area contributed by atoms with Gasteiger partial charge in [-0.3, -0.25) is 4.90 Å². The summed E-state index contributed by atoms with van der Waals surface area (Å²) in [5, 5.41) is 0. The average molecular weight is 205 g/mol. The number of methoxy groups -OCH3 is 1. The molecule has 0 radical (unpaired) electrons. The maximum Gasteiger partial charge on any atom is 0.0615 e. The zero-order valence-corrected chi connectivity index (χ0v) is 10.0. The monoisotopic (exact) mass is 205 g/mol. The molecule has 0 bridgehead atoms. The molecule has 0 saturated carbocycles. The van der Waals surface area contributed by atoms with Crippen molar-refractivity contribution in [2.75, 3.05) is 32.6 Å². The van der Waals surface area contributed by atoms with Gasteiger partial charge in [-0.2, -0.15) is 12.6 Å². The van der Waals surface area contributed by atoms with E-state index in [0.29, 0.717) is 6.04 Å². The van der Waals surface area contributed by atoms with E-state index in [-0.39, 0.29) is 0 Å². The van der Waals surface area contributed by atoms with Crippen LogP contribution in [0.4, 0.5) is 0 Å². The van der Waals surface area contributed by atoms with E-state index in [9.17, 15) is 0 Å². The van der Waals surface area contributed by atoms with Crippen LogP contribution in [0.15, 0.2) is 0 Å². The number of likely N-dealkylation sites (N-methyl/N-ethyl adjacent to an activating group) is 1. The molecule has 0 aliphatic heterocycles. The zero-order chi connectivity index (χ0) is 10.1. The third-order valence-electron chi connectivity index (χ3n) is 2.29. The first-order valence-electron chi connectivity index (χ1n) is 5.10. The second-order valence-electron chi connectivity index (χ2n) is 3.36. The summed E-state index contributed by atoms with van der Waals surface area (Å²) in [4.78, 5) is 2.45. The minimum atomic E-state index is 0.537. The van der Waals surface area contributed by atoms with E-state index in [0.717, 1.165) is 18.9 Å². The molecule has 0 aliphatic carbocycles. The Morgan fingerprint density at radius 3 is 2.54 bits per heavy atom. The van der Waals surface area contributed by atoms with Crippen LogP contribution in [0.5, 0.6) is 0 Å². The van der Waals surface area contributed by atoms with Gasteiger partial charge < -0.3 is 4.74 Å². The molecule has 3 heteroatoms. The first-order valence-corrected chi connectivity index (χ1v) is 5.73. The van der Waals surface area contributed by atoms with Gasteiger partial charge in [0.05, 0.1) is 6.61 Å². The lowest BCUT2D eigenvalue weighted by Crippen LogP contribution is -2.36. The Bertz CT molecular complexity index is 111. The van der Waals surface area contributed by atoms with E-state index >= 15 is 0 Å². The van der Waals surface area contributed by atoms with Crippen molar-refractivity contribution in [3.8, 4) is 0 Å². The van der Waals surface area contributed by atoms with Crippen molar-refractivity contribution >= 4 is 12.6 Å². The molecule has 13 heavy (non-hydrogen) atoms. The van der Waals surface area contributed by atoms with Gasteiger partial charge in [-0.15, -0.1) is 0 Å². The van der Waals surface area contributed by atoms with Crippen molar-refractivity contribution in [1.82, 2.24) is 4.90 Å². The van der Waals surface area contributed by atoms with Crippen LogP contribution in [0.1, 0.15) is 26.7 Å². The van der Waals surface area contributed by atoms with Crippen molar-refractivity contribution in [3.05, 3.63) is 0 Å². The molecular formula is C10H23NOS. The number of rotatable bonds is 8. The molecule has 1 atom stereocenters. The van der Waals surface area contributed by atoms with Crippen LogP contribution in [-0.4, -0.2) is 43.5 Å². The van der Waals surface area contributed by atoms with Crippen molar-refractivity contribution < 1.29 is 4.74 Å². The average Bonchev–Trinajstić information content (AvgIpc) is 2.13. The molecule has 0 aromatic carbocycles. The molecule has 0 aromatic rings. The van der Waals surface area contributed by atoms with Gasteiger partial charge in [-0.1, -0.05) is 6.92 Å². The van der Waals surface area contributed by atoms with Crippen LogP contribution in [0, 0.1) is 0 Å². The molecule has 0 fully saturated rings. The summed E-state index contributed by atoms with van der Waals surface area (Å²) in [5.41, 5.74) is 0. The van der Waals surface area contributed by atoms with Crippen molar-refractivity contribution in [1.29, 1.82) is 0 Å². The lowest BCUT2D eigenvalue weighted by Gasteiger charge is -2.27. The fraction of sp³-hybridized carbons (Fsp3) is 1.00. The Hall–Kier alpha value is 0.270. The lowest BCUT2D eigenvalue weighted by molar-refractivity contribution is 0.102. The number of hydrogen-bond donors (Lipinski definition) is 1. The first kappa shape index (κ1) is 13.3. The number of thiol groups is 1. The molecule has 0 amide bonds. The second-order valence-corrected chi connectivity index (χ2v) is 3.81. The number of unbranched alkanes of at least 4 members (excludes halogenated alkanes) is 1. The fourth-order valence-electron chi connectivity index (χ4n) is 1.46. The quantitative estimate of drug-likeness (QED) is 0.481. The molecule has 0 aliphatic rings. The molecule has 1 unspecified atom stereocenters. The van der Waals surface area contributed by atoms with Gasteiger partial charge in [0.25, 0.3) is 0 Å². The summed E-state index contributed by atoms with van der Waals surface area (Å²) >= 11 is 4.20. The van der Waals surface area contributed by atoms with Crippen LogP contribution < -0.4 is 0 Å². The molecule has 0 spiro atoms. The third-order valence-corrected chi connectivity index (χ3v) is 2.61. The minimum Gasteiger partial charge on any atom is -0.383 e. The van der Waals surface area contributed by atoms with Gasteiger partial charge in [0.1, 0.15) is 0 Å². The van der Waals surface area contributed by atoms with E-state index in [1.54, 1.807) is 7.11 Å². The van der Waals surface area contributed by atoms with Crippen LogP contribution in [0.3, 0.4) is 0 Å². The Kier molecular flexibility index (Phi) is 9.03. The predicted octanol–water partition coefficient (Wildman–Crippen LogP) is 2.05. The summed E-state index contributed by atoms with van der Waals surface area (Å²) < 4.78 is 5.14. The topological polar surface area (TPSA) is 12.5 Å². The van der Waals surface area contributed by atoms with Gasteiger partial charge in [0, 0.05) is 13.2 Å². The molecule has 0 heterocycles. The van der Waals surface area contributed by atoms with E-state index < -0.39 is 0 Å². The van der Waals surface area contributed by atoms with Crippen LogP contribution in [-0.2, 0) is 4.74 Å². The summed E-state index contributed by atoms with van der Waals surface area (Å²) in [5.74, 6) is 0.996. The number of nitrogens with zero attached hydrogens (tertiary/aromatic N) is 1. The van der Waals surface area contributed by atoms with Gasteiger partial charge in [0.2, 0.25) is 0 Å². The highest BCUT2D eigenvalue weighted by atomic mass is 32.1. The van der Waals surface area contributed by atoms with Crippen molar-refractivity contribution in [2.45, 2.75) is 32.7 Å². The molecule has 0 aromatic heterocycles. The highest BCUT2D eigenvalue weighted by Crippen LogP contribution is 2.02. The van der Waals surface area contributed by atoms with Crippen LogP contribution in [0.25, 0.3) is 0 Å². The normalized spacial score (nSPS) is 13.6. The van der Waals surface area contributed by atoms with E-state index in [1.165, 1.54) is 19.4 Å². The molecule has 0 saturated heterocycles. The van der Waals surface area contributed by atoms with E-state index in [1.807, 2.05) is 0 Å². The Morgan fingerprint density at radius 2 is 2.08 bits per heavy atom. The summed E-state index contributed by atoms with van der Waals surface area (Å²) in [6.45, 7) is 7.52. The van der Waals surface area contributed by atoms with Gasteiger partial charge in [0.15, 0.2) is 0 Å². The summed E-state index contributed by atoms with van der Waals surface area (Å²) in [6.07, 6.45) is 2.45. The molecular weight excluding hydrogens is 182 g/mol. The second kappa shape index (κ2) is 8.85. The predicted molar refractivity (Wildman–Crippen MR) is 61.7 cm³/mol. The van der Waals surface area contributed by atoms with Gasteiger partial charge >= 0.3 is 0 Å². The maximum absolute atomic E-state index is 5.14. The fourth-order valence-corrected chi connectivity index (χ4v) is 1.69. The SMILES string of the molecule is CCN(CCCCS)C(C)COC. The maximum atomic E-state index is 5.14. The molecule has 0 rings (SSSR count). The Balaban J connectivity index is 3.60. The lowest BCUT2D eigenvalue weighted by atomic mass is 10.2. The summed E-state index contributed by atoms with van der Waals surface area (Å²) in [6, 6.07) is 0.537.